The molecule has 0 rings (SSSR count). The lowest BCUT2D eigenvalue weighted by Crippen LogP contribution is -2.43. The highest BCUT2D eigenvalue weighted by molar-refractivity contribution is 7.86. The Kier molecular flexibility index (Phi) is 6.54. The fourth-order valence-corrected chi connectivity index (χ4v) is 1.86. The van der Waals surface area contributed by atoms with Crippen LogP contribution in [0.4, 0.5) is 0 Å². The van der Waals surface area contributed by atoms with Gasteiger partial charge >= 0.3 is 0 Å². The Morgan fingerprint density at radius 2 is 1.88 bits per heavy atom. The van der Waals surface area contributed by atoms with Crippen LogP contribution in [0, 0.1) is 0 Å². The van der Waals surface area contributed by atoms with E-state index in [4.69, 9.17) is 0 Å². The predicted octanol–water partition coefficient (Wildman–Crippen LogP) is -0.398. The van der Waals surface area contributed by atoms with Gasteiger partial charge in [0, 0.05) is 6.42 Å². The molecule has 0 atom stereocenters. The van der Waals surface area contributed by atoms with E-state index in [9.17, 15) is 13.2 Å². The number of carbonyl (C=O) groups is 1. The summed E-state index contributed by atoms with van der Waals surface area (Å²) in [5.74, 6) is 0.0136. The standard InChI is InChI=1S/C9H20NO5S/c1-10(2,6-7-15-9-11)5-4-8-16(12,13)14-3/h9H,4-8H2,1-3H3/q+1. The summed E-state index contributed by atoms with van der Waals surface area (Å²) in [7, 11) is 1.70. The lowest BCUT2D eigenvalue weighted by Gasteiger charge is -2.29. The zero-order chi connectivity index (χ0) is 12.7. The highest BCUT2D eigenvalue weighted by atomic mass is 32.2. The van der Waals surface area contributed by atoms with Crippen LogP contribution in [0.1, 0.15) is 6.42 Å². The molecule has 0 fully saturated rings. The molecule has 0 bridgehead atoms. The van der Waals surface area contributed by atoms with E-state index in [0.29, 0.717) is 37.1 Å². The van der Waals surface area contributed by atoms with Crippen molar-refractivity contribution in [3.63, 3.8) is 0 Å². The third-order valence-corrected chi connectivity index (χ3v) is 3.59. The molecule has 0 aliphatic heterocycles. The van der Waals surface area contributed by atoms with Crippen molar-refractivity contribution in [2.24, 2.45) is 0 Å². The molecule has 96 valence electrons. The second-order valence-corrected chi connectivity index (χ2v) is 5.99. The number of nitrogens with zero attached hydrogens (tertiary/aromatic N) is 1. The normalized spacial score (nSPS) is 12.4. The first-order valence-electron chi connectivity index (χ1n) is 4.98. The van der Waals surface area contributed by atoms with Crippen LogP contribution in [0.2, 0.25) is 0 Å². The first-order chi connectivity index (χ1) is 7.33. The molecule has 0 aromatic heterocycles. The van der Waals surface area contributed by atoms with Gasteiger partial charge in [0.1, 0.15) is 13.2 Å². The molecule has 16 heavy (non-hydrogen) atoms. The van der Waals surface area contributed by atoms with Gasteiger partial charge in [-0.2, -0.15) is 8.42 Å². The maximum Gasteiger partial charge on any atom is 0.293 e. The van der Waals surface area contributed by atoms with E-state index in [1.165, 1.54) is 0 Å². The minimum atomic E-state index is -3.36. The number of carbonyl (C=O) groups excluding carboxylic acids is 1. The summed E-state index contributed by atoms with van der Waals surface area (Å²) in [4.78, 5) is 9.95. The Hall–Kier alpha value is -0.660. The first kappa shape index (κ1) is 15.3. The molecular formula is C9H20NO5S+. The summed E-state index contributed by atoms with van der Waals surface area (Å²) in [5, 5.41) is 0. The van der Waals surface area contributed by atoms with Gasteiger partial charge in [0.15, 0.2) is 0 Å². The minimum absolute atomic E-state index is 0.0136. The molecule has 0 aliphatic carbocycles. The lowest BCUT2D eigenvalue weighted by molar-refractivity contribution is -0.890. The maximum absolute atomic E-state index is 11.0. The van der Waals surface area contributed by atoms with Gasteiger partial charge in [0.2, 0.25) is 0 Å². The molecule has 0 N–H and O–H groups in total. The van der Waals surface area contributed by atoms with Gasteiger partial charge in [-0.15, -0.1) is 0 Å². The van der Waals surface area contributed by atoms with Crippen molar-refractivity contribution < 1.29 is 26.6 Å². The monoisotopic (exact) mass is 254 g/mol. The van der Waals surface area contributed by atoms with Gasteiger partial charge in [-0.1, -0.05) is 0 Å². The van der Waals surface area contributed by atoms with E-state index in [1.807, 2.05) is 14.1 Å². The summed E-state index contributed by atoms with van der Waals surface area (Å²) < 4.78 is 31.6. The number of quaternary nitrogens is 1. The van der Waals surface area contributed by atoms with E-state index < -0.39 is 10.1 Å². The molecule has 0 aromatic rings. The molecule has 0 saturated heterocycles. The van der Waals surface area contributed by atoms with Gasteiger partial charge in [-0.3, -0.25) is 8.98 Å². The van der Waals surface area contributed by atoms with Crippen LogP contribution in [0.25, 0.3) is 0 Å². The van der Waals surface area contributed by atoms with Crippen LogP contribution in [-0.4, -0.2) is 66.0 Å². The van der Waals surface area contributed by atoms with Gasteiger partial charge in [0.05, 0.1) is 33.5 Å². The molecule has 6 nitrogen and oxygen atoms in total. The van der Waals surface area contributed by atoms with Crippen LogP contribution in [0.5, 0.6) is 0 Å². The first-order valence-corrected chi connectivity index (χ1v) is 6.56. The van der Waals surface area contributed by atoms with Crippen LogP contribution in [0.15, 0.2) is 0 Å². The third-order valence-electron chi connectivity index (χ3n) is 2.29. The number of rotatable bonds is 9. The van der Waals surface area contributed by atoms with Crippen molar-refractivity contribution in [1.82, 2.24) is 0 Å². The van der Waals surface area contributed by atoms with Gasteiger partial charge < -0.3 is 9.22 Å². The van der Waals surface area contributed by atoms with E-state index in [-0.39, 0.29) is 5.75 Å². The number of ether oxygens (including phenoxy) is 1. The van der Waals surface area contributed by atoms with Crippen molar-refractivity contribution >= 4 is 16.6 Å². The SMILES string of the molecule is COS(=O)(=O)CCC[N+](C)(C)CCOC=O. The lowest BCUT2D eigenvalue weighted by atomic mass is 10.4. The fraction of sp³-hybridized carbons (Fsp3) is 0.889. The van der Waals surface area contributed by atoms with Crippen molar-refractivity contribution in [3.8, 4) is 0 Å². The van der Waals surface area contributed by atoms with Gasteiger partial charge in [-0.05, 0) is 0 Å². The van der Waals surface area contributed by atoms with Crippen molar-refractivity contribution in [1.29, 1.82) is 0 Å². The highest BCUT2D eigenvalue weighted by Crippen LogP contribution is 2.02. The Labute approximate surface area is 96.9 Å². The molecule has 0 heterocycles. The summed E-state index contributed by atoms with van der Waals surface area (Å²) in [6, 6.07) is 0. The van der Waals surface area contributed by atoms with Gasteiger partial charge in [0.25, 0.3) is 16.6 Å². The van der Waals surface area contributed by atoms with Crippen LogP contribution in [0.3, 0.4) is 0 Å². The van der Waals surface area contributed by atoms with Crippen molar-refractivity contribution in [2.75, 3.05) is 46.7 Å². The Morgan fingerprint density at radius 3 is 2.38 bits per heavy atom. The van der Waals surface area contributed by atoms with Crippen LogP contribution in [-0.2, 0) is 23.8 Å². The quantitative estimate of drug-likeness (QED) is 0.242. The van der Waals surface area contributed by atoms with E-state index in [2.05, 4.69) is 8.92 Å². The minimum Gasteiger partial charge on any atom is -0.462 e. The topological polar surface area (TPSA) is 69.7 Å². The summed E-state index contributed by atoms with van der Waals surface area (Å²) in [6.45, 7) is 2.10. The molecule has 0 amide bonds. The Bertz CT molecular complexity index is 299. The molecule has 7 heteroatoms. The van der Waals surface area contributed by atoms with Crippen LogP contribution < -0.4 is 0 Å². The van der Waals surface area contributed by atoms with Crippen molar-refractivity contribution in [2.45, 2.75) is 6.42 Å². The number of likely N-dealkylation sites (N-methyl/N-ethyl adjacent to an activating group) is 1. The zero-order valence-electron chi connectivity index (χ0n) is 10.0. The Morgan fingerprint density at radius 1 is 1.25 bits per heavy atom. The Balaban J connectivity index is 3.86. The highest BCUT2D eigenvalue weighted by Gasteiger charge is 2.17. The zero-order valence-corrected chi connectivity index (χ0v) is 10.8. The third kappa shape index (κ3) is 7.61. The predicted molar refractivity (Wildman–Crippen MR) is 59.3 cm³/mol. The van der Waals surface area contributed by atoms with Crippen LogP contribution >= 0.6 is 0 Å². The summed E-state index contributed by atoms with van der Waals surface area (Å²) in [6.07, 6.45) is 0.518. The average molecular weight is 254 g/mol. The number of hydrogen-bond donors (Lipinski definition) is 0. The summed E-state index contributed by atoms with van der Waals surface area (Å²) in [5.41, 5.74) is 0. The molecule has 0 spiro atoms. The average Bonchev–Trinajstić information content (AvgIpc) is 2.17. The second kappa shape index (κ2) is 6.82. The molecule has 0 aliphatic rings. The molecule has 0 aromatic carbocycles. The number of hydrogen-bond acceptors (Lipinski definition) is 5. The summed E-state index contributed by atoms with van der Waals surface area (Å²) >= 11 is 0. The molecule has 0 radical (unpaired) electrons. The second-order valence-electron chi connectivity index (χ2n) is 4.13. The van der Waals surface area contributed by atoms with E-state index in [0.717, 1.165) is 7.11 Å². The van der Waals surface area contributed by atoms with Gasteiger partial charge in [-0.25, -0.2) is 0 Å². The largest absolute Gasteiger partial charge is 0.462 e. The molecular weight excluding hydrogens is 234 g/mol. The fourth-order valence-electron chi connectivity index (χ4n) is 1.21. The smallest absolute Gasteiger partial charge is 0.293 e. The van der Waals surface area contributed by atoms with E-state index in [1.54, 1.807) is 0 Å². The van der Waals surface area contributed by atoms with Crippen molar-refractivity contribution in [3.05, 3.63) is 0 Å². The molecule has 0 unspecified atom stereocenters. The molecule has 0 saturated carbocycles. The maximum atomic E-state index is 11.0. The van der Waals surface area contributed by atoms with E-state index >= 15 is 0 Å².